The second kappa shape index (κ2) is 5.36. The summed E-state index contributed by atoms with van der Waals surface area (Å²) in [5.41, 5.74) is 2.19. The molecule has 0 aliphatic heterocycles. The highest BCUT2D eigenvalue weighted by Gasteiger charge is 2.10. The van der Waals surface area contributed by atoms with Gasteiger partial charge in [0.15, 0.2) is 0 Å². The molecule has 106 valence electrons. The van der Waals surface area contributed by atoms with Gasteiger partial charge in [-0.25, -0.2) is 9.37 Å². The van der Waals surface area contributed by atoms with Crippen LogP contribution in [0.1, 0.15) is 16.2 Å². The Balaban J connectivity index is 1.77. The Labute approximate surface area is 121 Å². The number of benzene rings is 2. The first kappa shape index (κ1) is 13.3. The maximum Gasteiger partial charge on any atom is 0.251 e. The van der Waals surface area contributed by atoms with Gasteiger partial charge >= 0.3 is 0 Å². The fourth-order valence-electron chi connectivity index (χ4n) is 2.24. The van der Waals surface area contributed by atoms with Crippen molar-refractivity contribution in [1.29, 1.82) is 0 Å². The number of amides is 1. The van der Waals surface area contributed by atoms with E-state index in [2.05, 4.69) is 10.3 Å². The molecule has 4 nitrogen and oxygen atoms in total. The third-order valence-corrected chi connectivity index (χ3v) is 3.37. The van der Waals surface area contributed by atoms with Gasteiger partial charge in [-0.1, -0.05) is 18.2 Å². The minimum absolute atomic E-state index is 0.292. The smallest absolute Gasteiger partial charge is 0.251 e. The predicted octanol–water partition coefficient (Wildman–Crippen LogP) is 2.64. The Morgan fingerprint density at radius 2 is 2.05 bits per heavy atom. The number of fused-ring (bicyclic) bond motifs is 1. The van der Waals surface area contributed by atoms with Crippen LogP contribution in [0.15, 0.2) is 48.5 Å². The zero-order valence-electron chi connectivity index (χ0n) is 11.5. The number of aromatic nitrogens is 2. The van der Waals surface area contributed by atoms with Crippen molar-refractivity contribution < 1.29 is 9.18 Å². The molecule has 0 bridgehead atoms. The molecule has 2 aromatic carbocycles. The first-order valence-corrected chi connectivity index (χ1v) is 6.59. The molecule has 1 aromatic heterocycles. The van der Waals surface area contributed by atoms with E-state index in [4.69, 9.17) is 0 Å². The lowest BCUT2D eigenvalue weighted by Crippen LogP contribution is -2.24. The maximum atomic E-state index is 13.1. The van der Waals surface area contributed by atoms with Gasteiger partial charge in [0.1, 0.15) is 11.6 Å². The van der Waals surface area contributed by atoms with Gasteiger partial charge in [0.05, 0.1) is 17.6 Å². The normalized spacial score (nSPS) is 10.8. The summed E-state index contributed by atoms with van der Waals surface area (Å²) in [7, 11) is 1.90. The number of rotatable bonds is 3. The second-order valence-electron chi connectivity index (χ2n) is 4.77. The summed E-state index contributed by atoms with van der Waals surface area (Å²) in [6.45, 7) is 0.292. The summed E-state index contributed by atoms with van der Waals surface area (Å²) in [6, 6.07) is 13.4. The standard InChI is InChI=1S/C16H14FN3O/c1-20-14-8-3-2-7-13(14)19-15(20)10-18-16(21)11-5-4-6-12(17)9-11/h2-9H,10H2,1H3,(H,18,21). The molecule has 1 N–H and O–H groups in total. The van der Waals surface area contributed by atoms with E-state index in [1.807, 2.05) is 35.9 Å². The fourth-order valence-corrected chi connectivity index (χ4v) is 2.24. The van der Waals surface area contributed by atoms with Crippen molar-refractivity contribution in [2.45, 2.75) is 6.54 Å². The van der Waals surface area contributed by atoms with Crippen molar-refractivity contribution in [1.82, 2.24) is 14.9 Å². The van der Waals surface area contributed by atoms with Crippen LogP contribution in [0.5, 0.6) is 0 Å². The Hall–Kier alpha value is -2.69. The first-order chi connectivity index (χ1) is 10.1. The zero-order chi connectivity index (χ0) is 14.8. The van der Waals surface area contributed by atoms with Crippen LogP contribution in [-0.4, -0.2) is 15.5 Å². The number of carbonyl (C=O) groups excluding carboxylic acids is 1. The van der Waals surface area contributed by atoms with Crippen LogP contribution >= 0.6 is 0 Å². The van der Waals surface area contributed by atoms with Crippen LogP contribution in [0.4, 0.5) is 4.39 Å². The minimum Gasteiger partial charge on any atom is -0.345 e. The summed E-state index contributed by atoms with van der Waals surface area (Å²) in [6.07, 6.45) is 0. The Kier molecular flexibility index (Phi) is 3.39. The molecule has 3 aromatic rings. The van der Waals surface area contributed by atoms with E-state index in [1.54, 1.807) is 6.07 Å². The van der Waals surface area contributed by atoms with Gasteiger partial charge in [0.25, 0.3) is 5.91 Å². The van der Waals surface area contributed by atoms with Crippen molar-refractivity contribution in [3.63, 3.8) is 0 Å². The Morgan fingerprint density at radius 3 is 2.81 bits per heavy atom. The molecule has 0 saturated carbocycles. The molecule has 1 amide bonds. The summed E-state index contributed by atoms with van der Waals surface area (Å²) in [4.78, 5) is 16.5. The molecule has 1 heterocycles. The number of hydrogen-bond donors (Lipinski definition) is 1. The topological polar surface area (TPSA) is 46.9 Å². The van der Waals surface area contributed by atoms with Crippen LogP contribution in [-0.2, 0) is 13.6 Å². The van der Waals surface area contributed by atoms with Crippen molar-refractivity contribution in [2.24, 2.45) is 7.05 Å². The van der Waals surface area contributed by atoms with Crippen molar-refractivity contribution >= 4 is 16.9 Å². The van der Waals surface area contributed by atoms with E-state index in [0.29, 0.717) is 12.1 Å². The van der Waals surface area contributed by atoms with Crippen molar-refractivity contribution in [3.05, 3.63) is 65.7 Å². The number of aryl methyl sites for hydroxylation is 1. The monoisotopic (exact) mass is 283 g/mol. The number of imidazole rings is 1. The molecule has 0 spiro atoms. The highest BCUT2D eigenvalue weighted by atomic mass is 19.1. The third-order valence-electron chi connectivity index (χ3n) is 3.37. The number of hydrogen-bond acceptors (Lipinski definition) is 2. The van der Waals surface area contributed by atoms with E-state index in [-0.39, 0.29) is 5.91 Å². The van der Waals surface area contributed by atoms with E-state index < -0.39 is 5.82 Å². The van der Waals surface area contributed by atoms with Crippen LogP contribution in [0.3, 0.4) is 0 Å². The molecule has 5 heteroatoms. The lowest BCUT2D eigenvalue weighted by molar-refractivity contribution is 0.0949. The molecule has 0 radical (unpaired) electrons. The molecule has 21 heavy (non-hydrogen) atoms. The van der Waals surface area contributed by atoms with Crippen LogP contribution in [0.25, 0.3) is 11.0 Å². The maximum absolute atomic E-state index is 13.1. The van der Waals surface area contributed by atoms with Gasteiger partial charge in [-0.05, 0) is 30.3 Å². The average molecular weight is 283 g/mol. The molecule has 0 atom stereocenters. The molecule has 0 saturated heterocycles. The first-order valence-electron chi connectivity index (χ1n) is 6.59. The average Bonchev–Trinajstić information content (AvgIpc) is 2.82. The summed E-state index contributed by atoms with van der Waals surface area (Å²) in [5.74, 6) is 0.00730. The molecule has 0 fully saturated rings. The number of carbonyl (C=O) groups is 1. The van der Waals surface area contributed by atoms with Crippen molar-refractivity contribution in [3.8, 4) is 0 Å². The number of nitrogens with one attached hydrogen (secondary N) is 1. The second-order valence-corrected chi connectivity index (χ2v) is 4.77. The van der Waals surface area contributed by atoms with Crippen LogP contribution in [0, 0.1) is 5.82 Å². The SMILES string of the molecule is Cn1c(CNC(=O)c2cccc(F)c2)nc2ccccc21. The molecule has 0 aliphatic rings. The van der Waals surface area contributed by atoms with Gasteiger partial charge in [-0.2, -0.15) is 0 Å². The van der Waals surface area contributed by atoms with Crippen LogP contribution < -0.4 is 5.32 Å². The van der Waals surface area contributed by atoms with Crippen molar-refractivity contribution in [2.75, 3.05) is 0 Å². The third kappa shape index (κ3) is 2.63. The molecule has 3 rings (SSSR count). The van der Waals surface area contributed by atoms with Gasteiger partial charge in [-0.15, -0.1) is 0 Å². The van der Waals surface area contributed by atoms with E-state index >= 15 is 0 Å². The van der Waals surface area contributed by atoms with E-state index in [1.165, 1.54) is 18.2 Å². The Morgan fingerprint density at radius 1 is 1.24 bits per heavy atom. The number of para-hydroxylation sites is 2. The van der Waals surface area contributed by atoms with Gasteiger partial charge in [0.2, 0.25) is 0 Å². The molecular formula is C16H14FN3O. The summed E-state index contributed by atoms with van der Waals surface area (Å²) < 4.78 is 15.0. The number of halogens is 1. The largest absolute Gasteiger partial charge is 0.345 e. The molecule has 0 aliphatic carbocycles. The van der Waals surface area contributed by atoms with E-state index in [0.717, 1.165) is 16.9 Å². The Bertz CT molecular complexity index is 810. The lowest BCUT2D eigenvalue weighted by atomic mass is 10.2. The highest BCUT2D eigenvalue weighted by molar-refractivity contribution is 5.94. The number of nitrogens with zero attached hydrogens (tertiary/aromatic N) is 2. The molecular weight excluding hydrogens is 269 g/mol. The highest BCUT2D eigenvalue weighted by Crippen LogP contribution is 2.14. The fraction of sp³-hybridized carbons (Fsp3) is 0.125. The van der Waals surface area contributed by atoms with Gasteiger partial charge < -0.3 is 9.88 Å². The molecule has 0 unspecified atom stereocenters. The minimum atomic E-state index is -0.426. The van der Waals surface area contributed by atoms with Gasteiger partial charge in [-0.3, -0.25) is 4.79 Å². The summed E-state index contributed by atoms with van der Waals surface area (Å²) in [5, 5.41) is 2.76. The summed E-state index contributed by atoms with van der Waals surface area (Å²) >= 11 is 0. The zero-order valence-corrected chi connectivity index (χ0v) is 11.5. The van der Waals surface area contributed by atoms with E-state index in [9.17, 15) is 9.18 Å². The van der Waals surface area contributed by atoms with Gasteiger partial charge in [0, 0.05) is 12.6 Å². The quantitative estimate of drug-likeness (QED) is 0.803. The lowest BCUT2D eigenvalue weighted by Gasteiger charge is -2.05. The van der Waals surface area contributed by atoms with Crippen LogP contribution in [0.2, 0.25) is 0 Å². The predicted molar refractivity (Wildman–Crippen MR) is 78.3 cm³/mol.